The van der Waals surface area contributed by atoms with Gasteiger partial charge in [-0.05, 0) is 33.5 Å². The predicted molar refractivity (Wildman–Crippen MR) is 58.0 cm³/mol. The van der Waals surface area contributed by atoms with E-state index in [2.05, 4.69) is 31.2 Å². The van der Waals surface area contributed by atoms with Crippen LogP contribution < -0.4 is 5.32 Å². The van der Waals surface area contributed by atoms with Crippen molar-refractivity contribution in [2.45, 2.75) is 51.1 Å². The van der Waals surface area contributed by atoms with Crippen LogP contribution >= 0.6 is 0 Å². The SMILES string of the molecule is CCN[C@H]1CCCCC[C@@H]1N(C)C. The molecule has 0 heterocycles. The summed E-state index contributed by atoms with van der Waals surface area (Å²) >= 11 is 0. The molecule has 0 bridgehead atoms. The van der Waals surface area contributed by atoms with Crippen molar-refractivity contribution < 1.29 is 0 Å². The molecule has 1 rings (SSSR count). The fourth-order valence-electron chi connectivity index (χ4n) is 2.41. The van der Waals surface area contributed by atoms with Crippen LogP contribution in [-0.2, 0) is 0 Å². The third-order valence-corrected chi connectivity index (χ3v) is 3.11. The number of likely N-dealkylation sites (N-methyl/N-ethyl adjacent to an activating group) is 2. The monoisotopic (exact) mass is 184 g/mol. The number of nitrogens with zero attached hydrogens (tertiary/aromatic N) is 1. The van der Waals surface area contributed by atoms with Crippen LogP contribution in [0.15, 0.2) is 0 Å². The molecule has 0 amide bonds. The minimum atomic E-state index is 0.725. The summed E-state index contributed by atoms with van der Waals surface area (Å²) in [4.78, 5) is 2.39. The topological polar surface area (TPSA) is 15.3 Å². The Balaban J connectivity index is 2.50. The largest absolute Gasteiger partial charge is 0.313 e. The van der Waals surface area contributed by atoms with E-state index in [0.29, 0.717) is 0 Å². The van der Waals surface area contributed by atoms with Crippen LogP contribution in [0, 0.1) is 0 Å². The first kappa shape index (κ1) is 11.0. The van der Waals surface area contributed by atoms with Gasteiger partial charge in [0.1, 0.15) is 0 Å². The number of rotatable bonds is 3. The molecule has 0 aliphatic heterocycles. The van der Waals surface area contributed by atoms with Gasteiger partial charge in [-0.15, -0.1) is 0 Å². The van der Waals surface area contributed by atoms with Crippen molar-refractivity contribution in [3.8, 4) is 0 Å². The zero-order chi connectivity index (χ0) is 9.68. The van der Waals surface area contributed by atoms with E-state index in [1.54, 1.807) is 0 Å². The summed E-state index contributed by atoms with van der Waals surface area (Å²) in [6.45, 7) is 3.31. The fourth-order valence-corrected chi connectivity index (χ4v) is 2.41. The normalized spacial score (nSPS) is 30.5. The number of hydrogen-bond acceptors (Lipinski definition) is 2. The van der Waals surface area contributed by atoms with Gasteiger partial charge in [-0.2, -0.15) is 0 Å². The molecular weight excluding hydrogens is 160 g/mol. The van der Waals surface area contributed by atoms with Gasteiger partial charge in [0, 0.05) is 12.1 Å². The van der Waals surface area contributed by atoms with E-state index < -0.39 is 0 Å². The van der Waals surface area contributed by atoms with E-state index in [0.717, 1.165) is 18.6 Å². The van der Waals surface area contributed by atoms with E-state index in [1.807, 2.05) is 0 Å². The van der Waals surface area contributed by atoms with Crippen molar-refractivity contribution >= 4 is 0 Å². The summed E-state index contributed by atoms with van der Waals surface area (Å²) in [6, 6.07) is 1.48. The quantitative estimate of drug-likeness (QED) is 0.674. The number of hydrogen-bond donors (Lipinski definition) is 1. The second-order valence-electron chi connectivity index (χ2n) is 4.33. The lowest BCUT2D eigenvalue weighted by molar-refractivity contribution is 0.218. The van der Waals surface area contributed by atoms with Gasteiger partial charge < -0.3 is 10.2 Å². The van der Waals surface area contributed by atoms with Crippen molar-refractivity contribution in [3.63, 3.8) is 0 Å². The minimum Gasteiger partial charge on any atom is -0.313 e. The molecule has 2 atom stereocenters. The molecule has 0 aromatic heterocycles. The van der Waals surface area contributed by atoms with Crippen molar-refractivity contribution in [2.75, 3.05) is 20.6 Å². The molecule has 0 saturated heterocycles. The maximum atomic E-state index is 3.61. The third kappa shape index (κ3) is 3.28. The van der Waals surface area contributed by atoms with Gasteiger partial charge in [0.05, 0.1) is 0 Å². The maximum Gasteiger partial charge on any atom is 0.0243 e. The molecule has 1 aliphatic rings. The van der Waals surface area contributed by atoms with Gasteiger partial charge in [-0.25, -0.2) is 0 Å². The minimum absolute atomic E-state index is 0.725. The predicted octanol–water partition coefficient (Wildman–Crippen LogP) is 1.86. The zero-order valence-corrected chi connectivity index (χ0v) is 9.34. The lowest BCUT2D eigenvalue weighted by atomic mass is 10.0. The van der Waals surface area contributed by atoms with Gasteiger partial charge in [-0.3, -0.25) is 0 Å². The Labute approximate surface area is 82.7 Å². The molecule has 0 spiro atoms. The summed E-state index contributed by atoms with van der Waals surface area (Å²) in [6.07, 6.45) is 6.96. The molecule has 13 heavy (non-hydrogen) atoms. The molecule has 2 nitrogen and oxygen atoms in total. The fraction of sp³-hybridized carbons (Fsp3) is 1.00. The molecule has 78 valence electrons. The van der Waals surface area contributed by atoms with E-state index in [9.17, 15) is 0 Å². The standard InChI is InChI=1S/C11H24N2/c1-4-12-10-8-6-5-7-9-11(10)13(2)3/h10-12H,4-9H2,1-3H3/t10-,11-/m0/s1. The Bertz CT molecular complexity index is 134. The van der Waals surface area contributed by atoms with Gasteiger partial charge >= 0.3 is 0 Å². The van der Waals surface area contributed by atoms with Crippen molar-refractivity contribution in [3.05, 3.63) is 0 Å². The molecule has 1 N–H and O–H groups in total. The summed E-state index contributed by atoms with van der Waals surface area (Å²) in [5.41, 5.74) is 0. The summed E-state index contributed by atoms with van der Waals surface area (Å²) in [5, 5.41) is 3.61. The lowest BCUT2D eigenvalue weighted by Gasteiger charge is -2.31. The first-order chi connectivity index (χ1) is 6.25. The number of nitrogens with one attached hydrogen (secondary N) is 1. The molecular formula is C11H24N2. The van der Waals surface area contributed by atoms with Crippen LogP contribution in [0.4, 0.5) is 0 Å². The highest BCUT2D eigenvalue weighted by atomic mass is 15.1. The second kappa shape index (κ2) is 5.61. The zero-order valence-electron chi connectivity index (χ0n) is 9.34. The van der Waals surface area contributed by atoms with Crippen LogP contribution in [0.25, 0.3) is 0 Å². The summed E-state index contributed by atoms with van der Waals surface area (Å²) in [7, 11) is 4.42. The smallest absolute Gasteiger partial charge is 0.0243 e. The van der Waals surface area contributed by atoms with Crippen molar-refractivity contribution in [1.29, 1.82) is 0 Å². The first-order valence-corrected chi connectivity index (χ1v) is 5.65. The van der Waals surface area contributed by atoms with E-state index in [4.69, 9.17) is 0 Å². The molecule has 1 aliphatic carbocycles. The van der Waals surface area contributed by atoms with E-state index in [-0.39, 0.29) is 0 Å². The Kier molecular flexibility index (Phi) is 4.74. The van der Waals surface area contributed by atoms with Gasteiger partial charge in [0.2, 0.25) is 0 Å². The van der Waals surface area contributed by atoms with Crippen molar-refractivity contribution in [2.24, 2.45) is 0 Å². The molecule has 0 aromatic carbocycles. The molecule has 1 saturated carbocycles. The Hall–Kier alpha value is -0.0800. The Morgan fingerprint density at radius 1 is 1.15 bits per heavy atom. The van der Waals surface area contributed by atoms with Gasteiger partial charge in [-0.1, -0.05) is 26.2 Å². The highest BCUT2D eigenvalue weighted by molar-refractivity contribution is 4.84. The highest BCUT2D eigenvalue weighted by Crippen LogP contribution is 2.20. The summed E-state index contributed by atoms with van der Waals surface area (Å²) in [5.74, 6) is 0. The molecule has 0 radical (unpaired) electrons. The maximum absolute atomic E-state index is 3.61. The van der Waals surface area contributed by atoms with Gasteiger partial charge in [0.25, 0.3) is 0 Å². The van der Waals surface area contributed by atoms with Crippen molar-refractivity contribution in [1.82, 2.24) is 10.2 Å². The second-order valence-corrected chi connectivity index (χ2v) is 4.33. The first-order valence-electron chi connectivity index (χ1n) is 5.65. The van der Waals surface area contributed by atoms with Crippen LogP contribution in [0.1, 0.15) is 39.0 Å². The molecule has 2 heteroatoms. The molecule has 1 fully saturated rings. The molecule has 0 aromatic rings. The van der Waals surface area contributed by atoms with Crippen LogP contribution in [0.3, 0.4) is 0 Å². The Morgan fingerprint density at radius 2 is 1.85 bits per heavy atom. The molecule has 0 unspecified atom stereocenters. The van der Waals surface area contributed by atoms with E-state index in [1.165, 1.54) is 32.1 Å². The summed E-state index contributed by atoms with van der Waals surface area (Å²) < 4.78 is 0. The van der Waals surface area contributed by atoms with Crippen LogP contribution in [0.2, 0.25) is 0 Å². The van der Waals surface area contributed by atoms with Gasteiger partial charge in [0.15, 0.2) is 0 Å². The van der Waals surface area contributed by atoms with Crippen LogP contribution in [-0.4, -0.2) is 37.6 Å². The lowest BCUT2D eigenvalue weighted by Crippen LogP contribution is -2.46. The Morgan fingerprint density at radius 3 is 2.46 bits per heavy atom. The average molecular weight is 184 g/mol. The highest BCUT2D eigenvalue weighted by Gasteiger charge is 2.23. The van der Waals surface area contributed by atoms with Crippen LogP contribution in [0.5, 0.6) is 0 Å². The van der Waals surface area contributed by atoms with E-state index >= 15 is 0 Å². The average Bonchev–Trinajstić information content (AvgIpc) is 2.30. The third-order valence-electron chi connectivity index (χ3n) is 3.11.